The van der Waals surface area contributed by atoms with Gasteiger partial charge in [0.1, 0.15) is 5.76 Å². The molecule has 0 saturated carbocycles. The van der Waals surface area contributed by atoms with Gasteiger partial charge in [-0.05, 0) is 22.9 Å². The molecule has 0 unspecified atom stereocenters. The highest BCUT2D eigenvalue weighted by molar-refractivity contribution is 7.12. The van der Waals surface area contributed by atoms with Crippen LogP contribution in [-0.2, 0) is 5.41 Å². The number of nitrogens with zero attached hydrogens (tertiary/aromatic N) is 1. The molecule has 0 saturated heterocycles. The fourth-order valence-electron chi connectivity index (χ4n) is 1.82. The molecular weight excluding hydrogens is 272 g/mol. The van der Waals surface area contributed by atoms with E-state index in [1.807, 2.05) is 32.2 Å². The third-order valence-electron chi connectivity index (χ3n) is 3.01. The summed E-state index contributed by atoms with van der Waals surface area (Å²) in [5.41, 5.74) is 0.939. The average molecular weight is 292 g/mol. The molecule has 5 heteroatoms. The van der Waals surface area contributed by atoms with Crippen LogP contribution in [0.3, 0.4) is 0 Å². The first kappa shape index (κ1) is 14.8. The predicted octanol–water partition coefficient (Wildman–Crippen LogP) is 4.41. The summed E-state index contributed by atoms with van der Waals surface area (Å²) in [6, 6.07) is 3.77. The number of hydrogen-bond donors (Lipinski definition) is 1. The molecule has 0 bridgehead atoms. The van der Waals surface area contributed by atoms with Crippen molar-refractivity contribution in [2.24, 2.45) is 0 Å². The fourth-order valence-corrected chi connectivity index (χ4v) is 2.77. The number of thiophene rings is 1. The lowest BCUT2D eigenvalue weighted by molar-refractivity contribution is 0.102. The second-order valence-electron chi connectivity index (χ2n) is 6.14. The van der Waals surface area contributed by atoms with Crippen LogP contribution >= 0.6 is 11.3 Å². The molecule has 1 amide bonds. The maximum absolute atomic E-state index is 12.3. The zero-order valence-corrected chi connectivity index (χ0v) is 13.3. The first-order valence-corrected chi connectivity index (χ1v) is 7.53. The van der Waals surface area contributed by atoms with Crippen molar-refractivity contribution in [3.63, 3.8) is 0 Å². The van der Waals surface area contributed by atoms with Crippen molar-refractivity contribution < 1.29 is 9.32 Å². The maximum Gasteiger partial charge on any atom is 0.267 e. The molecule has 0 spiro atoms. The highest BCUT2D eigenvalue weighted by Gasteiger charge is 2.21. The summed E-state index contributed by atoms with van der Waals surface area (Å²) in [7, 11) is 0. The van der Waals surface area contributed by atoms with E-state index in [9.17, 15) is 4.79 Å². The minimum Gasteiger partial charge on any atom is -0.359 e. The van der Waals surface area contributed by atoms with Crippen molar-refractivity contribution in [1.82, 2.24) is 5.16 Å². The Balaban J connectivity index is 2.16. The van der Waals surface area contributed by atoms with Crippen LogP contribution in [0.2, 0.25) is 0 Å². The summed E-state index contributed by atoms with van der Waals surface area (Å²) in [4.78, 5) is 13.0. The van der Waals surface area contributed by atoms with Crippen LogP contribution in [0.5, 0.6) is 0 Å². The van der Waals surface area contributed by atoms with Gasteiger partial charge >= 0.3 is 0 Å². The maximum atomic E-state index is 12.3. The standard InChI is InChI=1S/C15H20N2O2S/c1-9(2)10-6-7-20-13(10)14(18)16-12-8-11(19-17-12)15(3,4)5/h6-9H,1-5H3,(H,16,17,18). The molecule has 0 aliphatic rings. The molecule has 2 aromatic heterocycles. The number of anilines is 1. The van der Waals surface area contributed by atoms with Gasteiger partial charge in [-0.2, -0.15) is 0 Å². The van der Waals surface area contributed by atoms with E-state index in [0.29, 0.717) is 11.7 Å². The van der Waals surface area contributed by atoms with Gasteiger partial charge < -0.3 is 9.84 Å². The molecule has 2 heterocycles. The normalized spacial score (nSPS) is 11.9. The van der Waals surface area contributed by atoms with E-state index < -0.39 is 0 Å². The van der Waals surface area contributed by atoms with Crippen molar-refractivity contribution in [2.45, 2.75) is 46.0 Å². The summed E-state index contributed by atoms with van der Waals surface area (Å²) < 4.78 is 5.26. The molecule has 2 rings (SSSR count). The van der Waals surface area contributed by atoms with Crippen LogP contribution < -0.4 is 5.32 Å². The molecule has 20 heavy (non-hydrogen) atoms. The molecule has 1 N–H and O–H groups in total. The van der Waals surface area contributed by atoms with Crippen molar-refractivity contribution in [3.8, 4) is 0 Å². The third kappa shape index (κ3) is 3.10. The molecule has 0 aromatic carbocycles. The van der Waals surface area contributed by atoms with Gasteiger partial charge in [0, 0.05) is 11.5 Å². The topological polar surface area (TPSA) is 55.1 Å². The number of rotatable bonds is 3. The number of carbonyl (C=O) groups excluding carboxylic acids is 1. The van der Waals surface area contributed by atoms with Crippen LogP contribution in [0.4, 0.5) is 5.82 Å². The number of aromatic nitrogens is 1. The van der Waals surface area contributed by atoms with E-state index >= 15 is 0 Å². The Morgan fingerprint density at radius 1 is 1.40 bits per heavy atom. The Labute approximate surface area is 123 Å². The number of carbonyl (C=O) groups is 1. The zero-order valence-electron chi connectivity index (χ0n) is 12.5. The van der Waals surface area contributed by atoms with E-state index in [0.717, 1.165) is 16.2 Å². The number of nitrogens with one attached hydrogen (secondary N) is 1. The molecule has 0 aliphatic carbocycles. The van der Waals surface area contributed by atoms with Crippen molar-refractivity contribution >= 4 is 23.1 Å². The summed E-state index contributed by atoms with van der Waals surface area (Å²) in [6.07, 6.45) is 0. The molecule has 0 aliphatic heterocycles. The molecule has 108 valence electrons. The summed E-state index contributed by atoms with van der Waals surface area (Å²) in [6.45, 7) is 10.3. The van der Waals surface area contributed by atoms with E-state index in [2.05, 4.69) is 24.3 Å². The van der Waals surface area contributed by atoms with E-state index in [1.54, 1.807) is 6.07 Å². The quantitative estimate of drug-likeness (QED) is 0.911. The Morgan fingerprint density at radius 3 is 2.65 bits per heavy atom. The largest absolute Gasteiger partial charge is 0.359 e. The summed E-state index contributed by atoms with van der Waals surface area (Å²) in [5.74, 6) is 1.41. The molecular formula is C15H20N2O2S. The van der Waals surface area contributed by atoms with Crippen LogP contribution in [0.15, 0.2) is 22.0 Å². The summed E-state index contributed by atoms with van der Waals surface area (Å²) in [5, 5.41) is 8.64. The molecule has 0 radical (unpaired) electrons. The van der Waals surface area contributed by atoms with Crippen molar-refractivity contribution in [3.05, 3.63) is 33.7 Å². The molecule has 0 fully saturated rings. The summed E-state index contributed by atoms with van der Waals surface area (Å²) >= 11 is 1.45. The molecule has 4 nitrogen and oxygen atoms in total. The lowest BCUT2D eigenvalue weighted by Crippen LogP contribution is -2.13. The third-order valence-corrected chi connectivity index (χ3v) is 3.94. The zero-order chi connectivity index (χ0) is 14.9. The Morgan fingerprint density at radius 2 is 2.10 bits per heavy atom. The van der Waals surface area contributed by atoms with Gasteiger partial charge in [0.2, 0.25) is 0 Å². The Bertz CT molecular complexity index is 605. The number of hydrogen-bond acceptors (Lipinski definition) is 4. The first-order valence-electron chi connectivity index (χ1n) is 6.65. The van der Waals surface area contributed by atoms with E-state index in [-0.39, 0.29) is 11.3 Å². The van der Waals surface area contributed by atoms with E-state index in [1.165, 1.54) is 11.3 Å². The lowest BCUT2D eigenvalue weighted by atomic mass is 9.93. The van der Waals surface area contributed by atoms with Crippen LogP contribution in [0, 0.1) is 0 Å². The lowest BCUT2D eigenvalue weighted by Gasteiger charge is -2.12. The van der Waals surface area contributed by atoms with Gasteiger partial charge in [-0.15, -0.1) is 11.3 Å². The second-order valence-corrected chi connectivity index (χ2v) is 7.06. The monoisotopic (exact) mass is 292 g/mol. The first-order chi connectivity index (χ1) is 9.29. The Hall–Kier alpha value is -1.62. The van der Waals surface area contributed by atoms with Crippen LogP contribution in [0.1, 0.15) is 61.5 Å². The highest BCUT2D eigenvalue weighted by atomic mass is 32.1. The van der Waals surface area contributed by atoms with Gasteiger partial charge in [0.15, 0.2) is 5.82 Å². The fraction of sp³-hybridized carbons (Fsp3) is 0.467. The SMILES string of the molecule is CC(C)c1ccsc1C(=O)Nc1cc(C(C)(C)C)on1. The minimum atomic E-state index is -0.127. The molecule has 0 atom stereocenters. The van der Waals surface area contributed by atoms with Gasteiger partial charge in [0.25, 0.3) is 5.91 Å². The number of amides is 1. The van der Waals surface area contributed by atoms with Gasteiger partial charge in [-0.25, -0.2) is 0 Å². The molecule has 2 aromatic rings. The van der Waals surface area contributed by atoms with Crippen molar-refractivity contribution in [2.75, 3.05) is 5.32 Å². The van der Waals surface area contributed by atoms with Crippen molar-refractivity contribution in [1.29, 1.82) is 0 Å². The average Bonchev–Trinajstić information content (AvgIpc) is 2.95. The minimum absolute atomic E-state index is 0.123. The van der Waals surface area contributed by atoms with E-state index in [4.69, 9.17) is 4.52 Å². The van der Waals surface area contributed by atoms with Gasteiger partial charge in [0.05, 0.1) is 4.88 Å². The Kier molecular flexibility index (Phi) is 3.99. The predicted molar refractivity (Wildman–Crippen MR) is 81.6 cm³/mol. The second kappa shape index (κ2) is 5.40. The highest BCUT2D eigenvalue weighted by Crippen LogP contribution is 2.27. The van der Waals surface area contributed by atoms with Crippen LogP contribution in [-0.4, -0.2) is 11.1 Å². The van der Waals surface area contributed by atoms with Crippen LogP contribution in [0.25, 0.3) is 0 Å². The smallest absolute Gasteiger partial charge is 0.267 e. The van der Waals surface area contributed by atoms with Gasteiger partial charge in [-0.1, -0.05) is 39.8 Å². The van der Waals surface area contributed by atoms with Gasteiger partial charge in [-0.3, -0.25) is 4.79 Å².